The third kappa shape index (κ3) is 3.30. The van der Waals surface area contributed by atoms with Crippen molar-refractivity contribution in [2.45, 2.75) is 39.4 Å². The van der Waals surface area contributed by atoms with E-state index < -0.39 is 0 Å². The molecule has 1 saturated carbocycles. The van der Waals surface area contributed by atoms with E-state index in [-0.39, 0.29) is 0 Å². The van der Waals surface area contributed by atoms with Gasteiger partial charge >= 0.3 is 0 Å². The Morgan fingerprint density at radius 1 is 1.20 bits per heavy atom. The first-order chi connectivity index (χ1) is 9.63. The highest BCUT2D eigenvalue weighted by Crippen LogP contribution is 2.34. The molecule has 6 heteroatoms. The first-order valence-corrected chi connectivity index (χ1v) is 8.13. The number of piperazine rings is 1. The summed E-state index contributed by atoms with van der Waals surface area (Å²) in [6, 6.07) is 0.624. The summed E-state index contributed by atoms with van der Waals surface area (Å²) in [5, 5.41) is 4.46. The van der Waals surface area contributed by atoms with E-state index in [9.17, 15) is 0 Å². The van der Waals surface area contributed by atoms with Crippen molar-refractivity contribution in [2.75, 3.05) is 32.7 Å². The minimum Gasteiger partial charge on any atom is -0.303 e. The monoisotopic (exact) mass is 295 g/mol. The second-order valence-corrected chi connectivity index (χ2v) is 6.87. The molecule has 1 aromatic heterocycles. The summed E-state index contributed by atoms with van der Waals surface area (Å²) in [6.07, 6.45) is 4.43. The molecule has 1 aromatic rings. The van der Waals surface area contributed by atoms with Crippen LogP contribution in [0.1, 0.15) is 32.7 Å². The molecule has 20 heavy (non-hydrogen) atoms. The van der Waals surface area contributed by atoms with Crippen LogP contribution in [-0.4, -0.2) is 56.9 Å². The predicted molar refractivity (Wildman–Crippen MR) is 82.2 cm³/mol. The van der Waals surface area contributed by atoms with Gasteiger partial charge in [0.25, 0.3) is 0 Å². The van der Waals surface area contributed by atoms with Crippen molar-refractivity contribution >= 4 is 12.2 Å². The third-order valence-electron chi connectivity index (χ3n) is 4.12. The molecule has 2 heterocycles. The summed E-state index contributed by atoms with van der Waals surface area (Å²) in [4.78, 5) is 5.01. The van der Waals surface area contributed by atoms with E-state index in [1.165, 1.54) is 19.4 Å². The van der Waals surface area contributed by atoms with Crippen LogP contribution in [0.5, 0.6) is 0 Å². The van der Waals surface area contributed by atoms with Crippen LogP contribution in [0.2, 0.25) is 0 Å². The van der Waals surface area contributed by atoms with Crippen molar-refractivity contribution in [3.05, 3.63) is 11.1 Å². The van der Waals surface area contributed by atoms with Gasteiger partial charge in [0, 0.05) is 38.8 Å². The number of hydrogen-bond donors (Lipinski definition) is 0. The van der Waals surface area contributed by atoms with Crippen LogP contribution in [0.15, 0.2) is 6.33 Å². The second-order valence-electron chi connectivity index (χ2n) is 6.51. The van der Waals surface area contributed by atoms with Crippen LogP contribution in [0.25, 0.3) is 0 Å². The van der Waals surface area contributed by atoms with Gasteiger partial charge in [-0.1, -0.05) is 13.8 Å². The first kappa shape index (κ1) is 14.2. The van der Waals surface area contributed by atoms with Crippen LogP contribution in [0.4, 0.5) is 0 Å². The van der Waals surface area contributed by atoms with Crippen molar-refractivity contribution in [1.29, 1.82) is 0 Å². The van der Waals surface area contributed by atoms with Gasteiger partial charge in [-0.25, -0.2) is 4.68 Å². The fourth-order valence-corrected chi connectivity index (χ4v) is 3.17. The minimum absolute atomic E-state index is 0.624. The lowest BCUT2D eigenvalue weighted by Gasteiger charge is -2.35. The van der Waals surface area contributed by atoms with E-state index >= 15 is 0 Å². The molecule has 2 aliphatic rings. The topological polar surface area (TPSA) is 29.2 Å². The molecule has 1 aliphatic carbocycles. The Labute approximate surface area is 126 Å². The van der Waals surface area contributed by atoms with Crippen molar-refractivity contribution in [2.24, 2.45) is 5.92 Å². The molecular weight excluding hydrogens is 270 g/mol. The molecule has 0 spiro atoms. The Kier molecular flexibility index (Phi) is 4.23. The van der Waals surface area contributed by atoms with Gasteiger partial charge in [0.2, 0.25) is 0 Å². The molecule has 3 rings (SSSR count). The summed E-state index contributed by atoms with van der Waals surface area (Å²) < 4.78 is 5.02. The number of rotatable bonds is 5. The molecule has 5 nitrogen and oxygen atoms in total. The largest absolute Gasteiger partial charge is 0.303 e. The van der Waals surface area contributed by atoms with Gasteiger partial charge in [-0.3, -0.25) is 4.90 Å². The Morgan fingerprint density at radius 2 is 1.85 bits per heavy atom. The Morgan fingerprint density at radius 3 is 2.45 bits per heavy atom. The summed E-state index contributed by atoms with van der Waals surface area (Å²) in [6.45, 7) is 11.2. The molecule has 0 atom stereocenters. The van der Waals surface area contributed by atoms with Crippen LogP contribution in [-0.2, 0) is 6.67 Å². The molecule has 1 aliphatic heterocycles. The van der Waals surface area contributed by atoms with Crippen molar-refractivity contribution in [1.82, 2.24) is 24.1 Å². The molecule has 112 valence electrons. The van der Waals surface area contributed by atoms with Gasteiger partial charge in [0.1, 0.15) is 6.33 Å². The zero-order valence-electron chi connectivity index (χ0n) is 12.5. The minimum atomic E-state index is 0.624. The van der Waals surface area contributed by atoms with E-state index in [1.807, 2.05) is 11.0 Å². The maximum absolute atomic E-state index is 5.52. The van der Waals surface area contributed by atoms with Gasteiger partial charge in [-0.05, 0) is 31.0 Å². The van der Waals surface area contributed by atoms with Crippen molar-refractivity contribution in [3.8, 4) is 0 Å². The molecule has 0 amide bonds. The highest BCUT2D eigenvalue weighted by molar-refractivity contribution is 7.71. The van der Waals surface area contributed by atoms with Crippen LogP contribution in [0.3, 0.4) is 0 Å². The Balaban J connectivity index is 1.53. The average Bonchev–Trinajstić information content (AvgIpc) is 3.18. The van der Waals surface area contributed by atoms with Gasteiger partial charge in [-0.15, -0.1) is 0 Å². The quantitative estimate of drug-likeness (QED) is 0.777. The summed E-state index contributed by atoms with van der Waals surface area (Å²) in [5.41, 5.74) is 0. The standard InChI is InChI=1S/C14H25N5S/c1-12(2)9-16-5-7-17(8-6-16)11-19-14(20)18(10-15-19)13-3-4-13/h10,12-13H,3-9,11H2,1-2H3. The third-order valence-corrected chi connectivity index (χ3v) is 4.54. The molecule has 0 bridgehead atoms. The molecule has 0 aromatic carbocycles. The van der Waals surface area contributed by atoms with Crippen LogP contribution >= 0.6 is 12.2 Å². The summed E-state index contributed by atoms with van der Waals surface area (Å²) >= 11 is 5.52. The maximum atomic E-state index is 5.52. The van der Waals surface area contributed by atoms with E-state index in [0.717, 1.165) is 43.5 Å². The highest BCUT2D eigenvalue weighted by atomic mass is 32.1. The smallest absolute Gasteiger partial charge is 0.199 e. The predicted octanol–water partition coefficient (Wildman–Crippen LogP) is 1.98. The molecule has 1 saturated heterocycles. The van der Waals surface area contributed by atoms with E-state index in [0.29, 0.717) is 6.04 Å². The summed E-state index contributed by atoms with van der Waals surface area (Å²) in [5.74, 6) is 0.754. The zero-order valence-corrected chi connectivity index (χ0v) is 13.3. The highest BCUT2D eigenvalue weighted by Gasteiger charge is 2.25. The fraction of sp³-hybridized carbons (Fsp3) is 0.857. The van der Waals surface area contributed by atoms with Crippen molar-refractivity contribution < 1.29 is 0 Å². The van der Waals surface area contributed by atoms with E-state index in [1.54, 1.807) is 0 Å². The molecular formula is C14H25N5S. The first-order valence-electron chi connectivity index (χ1n) is 7.72. The molecule has 0 radical (unpaired) electrons. The maximum Gasteiger partial charge on any atom is 0.199 e. The van der Waals surface area contributed by atoms with Gasteiger partial charge in [0.05, 0.1) is 6.67 Å². The van der Waals surface area contributed by atoms with Crippen LogP contribution < -0.4 is 0 Å². The Bertz CT molecular complexity index is 494. The molecule has 2 fully saturated rings. The van der Waals surface area contributed by atoms with Crippen molar-refractivity contribution in [3.63, 3.8) is 0 Å². The zero-order chi connectivity index (χ0) is 14.1. The summed E-state index contributed by atoms with van der Waals surface area (Å²) in [7, 11) is 0. The lowest BCUT2D eigenvalue weighted by atomic mass is 10.2. The fourth-order valence-electron chi connectivity index (χ4n) is 2.87. The Hall–Kier alpha value is -0.720. The number of nitrogens with zero attached hydrogens (tertiary/aromatic N) is 5. The lowest BCUT2D eigenvalue weighted by Crippen LogP contribution is -2.47. The number of hydrogen-bond acceptors (Lipinski definition) is 4. The SMILES string of the molecule is CC(C)CN1CCN(Cn2ncn(C3CC3)c2=S)CC1. The van der Waals surface area contributed by atoms with Gasteiger partial charge < -0.3 is 9.47 Å². The normalized spacial score (nSPS) is 21.8. The molecule has 0 N–H and O–H groups in total. The average molecular weight is 295 g/mol. The second kappa shape index (κ2) is 5.95. The van der Waals surface area contributed by atoms with Crippen LogP contribution in [0, 0.1) is 10.7 Å². The van der Waals surface area contributed by atoms with E-state index in [4.69, 9.17) is 12.2 Å². The number of aromatic nitrogens is 3. The van der Waals surface area contributed by atoms with Gasteiger partial charge in [-0.2, -0.15) is 5.10 Å². The van der Waals surface area contributed by atoms with E-state index in [2.05, 4.69) is 33.3 Å². The van der Waals surface area contributed by atoms with Gasteiger partial charge in [0.15, 0.2) is 4.77 Å². The lowest BCUT2D eigenvalue weighted by molar-refractivity contribution is 0.0949. The molecule has 0 unspecified atom stereocenters.